The van der Waals surface area contributed by atoms with E-state index >= 15 is 0 Å². The predicted octanol–water partition coefficient (Wildman–Crippen LogP) is 16.4. The first-order valence-corrected chi connectivity index (χ1v) is 22.5. The summed E-state index contributed by atoms with van der Waals surface area (Å²) in [4.78, 5) is 9.64. The molecule has 67 heavy (non-hydrogen) atoms. The van der Waals surface area contributed by atoms with Gasteiger partial charge in [0.05, 0.1) is 33.5 Å². The second kappa shape index (κ2) is 14.7. The minimum Gasteiger partial charge on any atom is -0.456 e. The van der Waals surface area contributed by atoms with Crippen molar-refractivity contribution in [2.45, 2.75) is 0 Å². The monoisotopic (exact) mass is 862 g/mol. The SMILES string of the molecule is c1ccc(-c2cccc(-c3ccccc3)c2N2CN(c3cc(Oc4ccc5c6ccccc6n(-c6ccccn6)c5c4)c4oc5c(ccc6oc7ccccc7c65)c4c3)c3ccccc32)cc1. The Morgan fingerprint density at radius 1 is 0.448 bits per heavy atom. The van der Waals surface area contributed by atoms with Gasteiger partial charge in [-0.25, -0.2) is 4.98 Å². The summed E-state index contributed by atoms with van der Waals surface area (Å²) in [6.45, 7) is 0.552. The van der Waals surface area contributed by atoms with Crippen LogP contribution in [0.1, 0.15) is 0 Å². The Balaban J connectivity index is 0.981. The number of fused-ring (bicyclic) bond motifs is 11. The molecule has 0 atom stereocenters. The van der Waals surface area contributed by atoms with Crippen LogP contribution < -0.4 is 14.5 Å². The third-order valence-electron chi connectivity index (χ3n) is 13.3. The van der Waals surface area contributed by atoms with Crippen LogP contribution in [-0.2, 0) is 0 Å². The van der Waals surface area contributed by atoms with Gasteiger partial charge in [-0.05, 0) is 77.9 Å². The Morgan fingerprint density at radius 3 is 1.90 bits per heavy atom. The van der Waals surface area contributed by atoms with Gasteiger partial charge in [0.1, 0.15) is 35.0 Å². The zero-order valence-electron chi connectivity index (χ0n) is 36.0. The Labute approximate surface area is 384 Å². The second-order valence-electron chi connectivity index (χ2n) is 17.1. The van der Waals surface area contributed by atoms with Crippen molar-refractivity contribution in [1.82, 2.24) is 9.55 Å². The molecule has 0 amide bonds. The Kier molecular flexibility index (Phi) is 8.21. The molecular weight excluding hydrogens is 825 g/mol. The molecule has 7 heteroatoms. The molecule has 0 bridgehead atoms. The number of rotatable bonds is 7. The van der Waals surface area contributed by atoms with Crippen LogP contribution in [0.25, 0.3) is 93.8 Å². The normalized spacial score (nSPS) is 12.7. The summed E-state index contributed by atoms with van der Waals surface area (Å²) in [5.41, 5.74) is 14.0. The van der Waals surface area contributed by atoms with Gasteiger partial charge >= 0.3 is 0 Å². The van der Waals surface area contributed by atoms with E-state index in [1.165, 1.54) is 0 Å². The molecule has 0 spiro atoms. The highest BCUT2D eigenvalue weighted by Crippen LogP contribution is 2.52. The molecule has 4 aromatic heterocycles. The summed E-state index contributed by atoms with van der Waals surface area (Å²) >= 11 is 0. The number of nitrogens with zero attached hydrogens (tertiary/aromatic N) is 4. The number of benzene rings is 9. The summed E-state index contributed by atoms with van der Waals surface area (Å²) in [5.74, 6) is 2.12. The van der Waals surface area contributed by atoms with Gasteiger partial charge in [-0.15, -0.1) is 0 Å². The van der Waals surface area contributed by atoms with Crippen LogP contribution in [0.2, 0.25) is 0 Å². The predicted molar refractivity (Wildman–Crippen MR) is 273 cm³/mol. The molecule has 0 fully saturated rings. The first-order chi connectivity index (χ1) is 33.2. The average molecular weight is 863 g/mol. The highest BCUT2D eigenvalue weighted by molar-refractivity contribution is 6.23. The highest BCUT2D eigenvalue weighted by Gasteiger charge is 2.32. The topological polar surface area (TPSA) is 59.8 Å². The fraction of sp³-hybridized carbons (Fsp3) is 0.0167. The Hall–Kier alpha value is -9.07. The molecular formula is C60H38N4O3. The molecule has 0 saturated carbocycles. The molecule has 1 aliphatic heterocycles. The van der Waals surface area contributed by atoms with E-state index in [0.29, 0.717) is 23.8 Å². The molecule has 0 unspecified atom stereocenters. The average Bonchev–Trinajstić information content (AvgIpc) is 4.16. The molecule has 7 nitrogen and oxygen atoms in total. The van der Waals surface area contributed by atoms with Gasteiger partial charge < -0.3 is 23.4 Å². The first-order valence-electron chi connectivity index (χ1n) is 22.5. The number of ether oxygens (including phenoxy) is 1. The van der Waals surface area contributed by atoms with Crippen LogP contribution in [0.3, 0.4) is 0 Å². The van der Waals surface area contributed by atoms with Crippen LogP contribution in [-0.4, -0.2) is 16.2 Å². The fourth-order valence-corrected chi connectivity index (χ4v) is 10.4. The van der Waals surface area contributed by atoms with E-state index in [2.05, 4.69) is 190 Å². The van der Waals surface area contributed by atoms with Gasteiger partial charge in [0, 0.05) is 62.1 Å². The van der Waals surface area contributed by atoms with Crippen LogP contribution in [0.15, 0.2) is 227 Å². The highest BCUT2D eigenvalue weighted by atomic mass is 16.5. The van der Waals surface area contributed by atoms with E-state index in [4.69, 9.17) is 18.6 Å². The maximum atomic E-state index is 7.16. The van der Waals surface area contributed by atoms with Gasteiger partial charge in [-0.2, -0.15) is 0 Å². The van der Waals surface area contributed by atoms with Crippen molar-refractivity contribution in [3.05, 3.63) is 219 Å². The van der Waals surface area contributed by atoms with Crippen molar-refractivity contribution in [3.63, 3.8) is 0 Å². The van der Waals surface area contributed by atoms with Gasteiger partial charge in [0.15, 0.2) is 11.3 Å². The zero-order valence-corrected chi connectivity index (χ0v) is 36.0. The molecule has 0 saturated heterocycles. The maximum Gasteiger partial charge on any atom is 0.178 e. The number of hydrogen-bond acceptors (Lipinski definition) is 6. The fourth-order valence-electron chi connectivity index (χ4n) is 10.4. The Morgan fingerprint density at radius 2 is 1.12 bits per heavy atom. The second-order valence-corrected chi connectivity index (χ2v) is 17.1. The summed E-state index contributed by atoms with van der Waals surface area (Å²) in [7, 11) is 0. The van der Waals surface area contributed by atoms with Crippen molar-refractivity contribution in [2.75, 3.05) is 16.5 Å². The molecule has 14 rings (SSSR count). The summed E-state index contributed by atoms with van der Waals surface area (Å²) in [5, 5.41) is 6.15. The number of aromatic nitrogens is 2. The van der Waals surface area contributed by atoms with Gasteiger partial charge in [0.25, 0.3) is 0 Å². The van der Waals surface area contributed by atoms with Crippen LogP contribution in [0.5, 0.6) is 11.5 Å². The van der Waals surface area contributed by atoms with Crippen molar-refractivity contribution in [1.29, 1.82) is 0 Å². The van der Waals surface area contributed by atoms with Crippen LogP contribution in [0, 0.1) is 0 Å². The van der Waals surface area contributed by atoms with E-state index in [1.807, 2.05) is 42.6 Å². The lowest BCUT2D eigenvalue weighted by molar-refractivity contribution is 0.477. The molecule has 1 aliphatic rings. The number of hydrogen-bond donors (Lipinski definition) is 0. The smallest absolute Gasteiger partial charge is 0.178 e. The van der Waals surface area contributed by atoms with E-state index in [0.717, 1.165) is 111 Å². The number of furan rings is 2. The lowest BCUT2D eigenvalue weighted by Crippen LogP contribution is -2.25. The molecule has 0 radical (unpaired) electrons. The van der Waals surface area contributed by atoms with Gasteiger partial charge in [0.2, 0.25) is 0 Å². The quantitative estimate of drug-likeness (QED) is 0.159. The van der Waals surface area contributed by atoms with E-state index in [-0.39, 0.29) is 0 Å². The molecule has 13 aromatic rings. The third-order valence-corrected chi connectivity index (χ3v) is 13.3. The van der Waals surface area contributed by atoms with Crippen molar-refractivity contribution < 1.29 is 13.6 Å². The van der Waals surface area contributed by atoms with Crippen molar-refractivity contribution in [3.8, 4) is 39.6 Å². The number of para-hydroxylation sites is 5. The molecule has 9 aromatic carbocycles. The standard InChI is InChI=1S/C60H38N4O3/c1-3-16-38(17-4-1)42-22-15-23-43(39-18-5-2-6-19-39)58(42)63-37-62(50-25-10-11-26-51(50)63)40-34-48-46-31-32-54-57(47-21-8-12-27-53(47)66-54)60(46)67-59(48)55(35-40)65-41-29-30-45-44-20-7-9-24-49(44)64(52(45)36-41)56-28-13-14-33-61-56/h1-36H,37H2. The number of pyridine rings is 1. The number of anilines is 4. The summed E-state index contributed by atoms with van der Waals surface area (Å²) in [6.07, 6.45) is 1.83. The minimum atomic E-state index is 0.552. The maximum absolute atomic E-state index is 7.16. The third kappa shape index (κ3) is 5.81. The molecule has 316 valence electrons. The molecule has 0 aliphatic carbocycles. The Bertz CT molecular complexity index is 4000. The zero-order chi connectivity index (χ0) is 44.0. The van der Waals surface area contributed by atoms with Crippen molar-refractivity contribution in [2.24, 2.45) is 0 Å². The lowest BCUT2D eigenvalue weighted by atomic mass is 9.95. The van der Waals surface area contributed by atoms with Gasteiger partial charge in [-0.1, -0.05) is 133 Å². The molecule has 0 N–H and O–H groups in total. The summed E-state index contributed by atoms with van der Waals surface area (Å²) in [6, 6.07) is 74.2. The van der Waals surface area contributed by atoms with Crippen LogP contribution >= 0.6 is 0 Å². The van der Waals surface area contributed by atoms with E-state index in [1.54, 1.807) is 0 Å². The van der Waals surface area contributed by atoms with Crippen molar-refractivity contribution >= 4 is 88.4 Å². The molecule has 5 heterocycles. The van der Waals surface area contributed by atoms with E-state index in [9.17, 15) is 0 Å². The van der Waals surface area contributed by atoms with E-state index < -0.39 is 0 Å². The minimum absolute atomic E-state index is 0.552. The largest absolute Gasteiger partial charge is 0.456 e. The summed E-state index contributed by atoms with van der Waals surface area (Å²) < 4.78 is 22.8. The van der Waals surface area contributed by atoms with Crippen LogP contribution in [0.4, 0.5) is 22.7 Å². The van der Waals surface area contributed by atoms with Gasteiger partial charge in [-0.3, -0.25) is 4.57 Å². The lowest BCUT2D eigenvalue weighted by Gasteiger charge is -2.27. The first kappa shape index (κ1) is 37.3.